The summed E-state index contributed by atoms with van der Waals surface area (Å²) in [5, 5.41) is 0. The molecule has 0 fully saturated rings. The van der Waals surface area contributed by atoms with Gasteiger partial charge in [-0.3, -0.25) is 4.18 Å². The molecule has 0 amide bonds. The second-order valence-corrected chi connectivity index (χ2v) is 6.59. The van der Waals surface area contributed by atoms with Crippen LogP contribution in [0.25, 0.3) is 0 Å². The molecule has 0 aromatic carbocycles. The van der Waals surface area contributed by atoms with Crippen LogP contribution in [0.5, 0.6) is 0 Å². The summed E-state index contributed by atoms with van der Waals surface area (Å²) in [5.41, 5.74) is 0. The van der Waals surface area contributed by atoms with Crippen LogP contribution in [-0.2, 0) is 14.3 Å². The molecule has 0 radical (unpaired) electrons. The Balaban J connectivity index is 5.19. The molecule has 0 aliphatic heterocycles. The lowest BCUT2D eigenvalue weighted by Crippen LogP contribution is -2.54. The number of alkyl halides is 14. The van der Waals surface area contributed by atoms with Crippen molar-refractivity contribution in [1.29, 1.82) is 0 Å². The van der Waals surface area contributed by atoms with E-state index in [0.29, 0.717) is 0 Å². The van der Waals surface area contributed by atoms with Crippen molar-refractivity contribution in [3.63, 3.8) is 0 Å². The van der Waals surface area contributed by atoms with Gasteiger partial charge < -0.3 is 0 Å². The van der Waals surface area contributed by atoms with Crippen LogP contribution in [0.1, 0.15) is 6.42 Å². The molecular weight excluding hydrogens is 454 g/mol. The van der Waals surface area contributed by atoms with E-state index in [0.717, 1.165) is 0 Å². The molecule has 0 bridgehead atoms. The van der Waals surface area contributed by atoms with Gasteiger partial charge in [-0.05, 0) is 0 Å². The summed E-state index contributed by atoms with van der Waals surface area (Å²) in [6.07, 6.45) is -16.6. The fourth-order valence-corrected chi connectivity index (χ4v) is 2.09. The summed E-state index contributed by atoms with van der Waals surface area (Å²) in [4.78, 5) is 0. The number of hydrogen-bond acceptors (Lipinski definition) is 3. The van der Waals surface area contributed by atoms with Crippen LogP contribution in [0, 0.1) is 0 Å². The third-order valence-corrected chi connectivity index (χ3v) is 3.90. The molecule has 0 aliphatic rings. The van der Waals surface area contributed by atoms with Gasteiger partial charge in [0.15, 0.2) is 0 Å². The van der Waals surface area contributed by atoms with E-state index in [9.17, 15) is 69.9 Å². The van der Waals surface area contributed by atoms with Gasteiger partial charge >= 0.3 is 36.0 Å². The Bertz CT molecular complexity index is 569. The molecule has 0 rings (SSSR count). The van der Waals surface area contributed by atoms with E-state index in [-0.39, 0.29) is 0 Å². The van der Waals surface area contributed by atoms with Crippen LogP contribution in [0.2, 0.25) is 0 Å². The molecule has 0 saturated carbocycles. The molecule has 0 aliphatic carbocycles. The first-order valence-electron chi connectivity index (χ1n) is 5.93. The number of halogens is 14. The minimum atomic E-state index is -6.88. The van der Waals surface area contributed by atoms with E-state index in [1.165, 1.54) is 0 Å². The van der Waals surface area contributed by atoms with Gasteiger partial charge in [-0.15, -0.1) is 0 Å². The van der Waals surface area contributed by atoms with E-state index in [2.05, 4.69) is 4.18 Å². The van der Waals surface area contributed by atoms with Crippen LogP contribution in [0.4, 0.5) is 61.5 Å². The average Bonchev–Trinajstić information content (AvgIpc) is 2.41. The Hall–Kier alpha value is -1.07. The number of hydrogen-bond donors (Lipinski definition) is 0. The van der Waals surface area contributed by atoms with E-state index < -0.39 is 64.9 Å². The normalized spacial score (nSPS) is 15.9. The molecule has 0 saturated heterocycles. The van der Waals surface area contributed by atoms with Crippen molar-refractivity contribution in [1.82, 2.24) is 0 Å². The number of rotatable bonds is 8. The van der Waals surface area contributed by atoms with Crippen molar-refractivity contribution >= 4 is 10.1 Å². The molecule has 0 aromatic rings. The second kappa shape index (κ2) is 7.07. The largest absolute Gasteiger partial charge is 0.459 e. The highest BCUT2D eigenvalue weighted by Crippen LogP contribution is 2.49. The second-order valence-electron chi connectivity index (χ2n) is 4.83. The van der Waals surface area contributed by atoms with E-state index in [1.807, 2.05) is 0 Å². The van der Waals surface area contributed by atoms with Gasteiger partial charge in [0.1, 0.15) is 6.61 Å². The highest BCUT2D eigenvalue weighted by atomic mass is 32.2. The summed E-state index contributed by atoms with van der Waals surface area (Å²) in [7, 11) is -5.92. The zero-order chi connectivity index (χ0) is 22.3. The Morgan fingerprint density at radius 1 is 0.593 bits per heavy atom. The maximum atomic E-state index is 12.8. The summed E-state index contributed by atoms with van der Waals surface area (Å²) in [5.74, 6) is -28.5. The van der Waals surface area contributed by atoms with Crippen LogP contribution < -0.4 is 0 Å². The maximum absolute atomic E-state index is 12.8. The maximum Gasteiger partial charge on any atom is 0.459 e. The smallest absolute Gasteiger partial charge is 0.263 e. The minimum Gasteiger partial charge on any atom is -0.263 e. The third-order valence-electron chi connectivity index (χ3n) is 2.72. The molecule has 0 heterocycles. The molecule has 18 heteroatoms. The SMILES string of the molecule is O=S(=O)(CCC(F)(F)C(F)(F)C(F)(F)F)OCC(F)(F)C(F)(F)C(F)(F)F. The fourth-order valence-electron chi connectivity index (χ4n) is 1.14. The van der Waals surface area contributed by atoms with Crippen molar-refractivity contribution in [2.24, 2.45) is 0 Å². The summed E-state index contributed by atoms with van der Waals surface area (Å²) in [6, 6.07) is 0. The first kappa shape index (κ1) is 25.9. The van der Waals surface area contributed by atoms with Gasteiger partial charge in [0.2, 0.25) is 0 Å². The molecule has 0 N–H and O–H groups in total. The zero-order valence-corrected chi connectivity index (χ0v) is 12.9. The quantitative estimate of drug-likeness (QED) is 0.399. The molecule has 0 spiro atoms. The van der Waals surface area contributed by atoms with Crippen LogP contribution in [0.15, 0.2) is 0 Å². The van der Waals surface area contributed by atoms with Gasteiger partial charge in [-0.1, -0.05) is 0 Å². The van der Waals surface area contributed by atoms with E-state index >= 15 is 0 Å². The summed E-state index contributed by atoms with van der Waals surface area (Å²) >= 11 is 0. The Kier molecular flexibility index (Phi) is 6.79. The predicted molar refractivity (Wildman–Crippen MR) is 56.3 cm³/mol. The van der Waals surface area contributed by atoms with Crippen LogP contribution >= 0.6 is 0 Å². The highest BCUT2D eigenvalue weighted by Gasteiger charge is 2.74. The van der Waals surface area contributed by atoms with Crippen molar-refractivity contribution in [3.8, 4) is 0 Å². The topological polar surface area (TPSA) is 43.4 Å². The Morgan fingerprint density at radius 2 is 0.926 bits per heavy atom. The lowest BCUT2D eigenvalue weighted by Gasteiger charge is -2.28. The lowest BCUT2D eigenvalue weighted by atomic mass is 10.1. The summed E-state index contributed by atoms with van der Waals surface area (Å²) < 4.78 is 197. The molecule has 0 unspecified atom stereocenters. The van der Waals surface area contributed by atoms with Crippen molar-refractivity contribution < 1.29 is 74.1 Å². The monoisotopic (exact) mass is 460 g/mol. The van der Waals surface area contributed by atoms with Crippen LogP contribution in [-0.4, -0.2) is 56.8 Å². The Morgan fingerprint density at radius 3 is 1.26 bits per heavy atom. The van der Waals surface area contributed by atoms with Crippen LogP contribution in [0.3, 0.4) is 0 Å². The molecule has 3 nitrogen and oxygen atoms in total. The zero-order valence-electron chi connectivity index (χ0n) is 12.0. The minimum absolute atomic E-state index is 2.53. The average molecular weight is 460 g/mol. The van der Waals surface area contributed by atoms with Crippen molar-refractivity contribution in [2.75, 3.05) is 12.4 Å². The molecule has 164 valence electrons. The van der Waals surface area contributed by atoms with E-state index in [4.69, 9.17) is 0 Å². The van der Waals surface area contributed by atoms with Gasteiger partial charge in [0.25, 0.3) is 10.1 Å². The third kappa shape index (κ3) is 5.47. The highest BCUT2D eigenvalue weighted by molar-refractivity contribution is 7.86. The molecular formula is C9H6F14O3S. The van der Waals surface area contributed by atoms with Crippen molar-refractivity contribution in [2.45, 2.75) is 42.5 Å². The standard InChI is InChI=1S/C9H6F14O3S/c10-4(11,6(14,15)8(18,19)20)1-2-27(24,25)26-3-5(12,13)7(16,17)9(21,22)23/h1-3H2. The van der Waals surface area contributed by atoms with Crippen molar-refractivity contribution in [3.05, 3.63) is 0 Å². The first-order chi connectivity index (χ1) is 11.4. The van der Waals surface area contributed by atoms with Gasteiger partial charge in [-0.25, -0.2) is 0 Å². The van der Waals surface area contributed by atoms with Gasteiger partial charge in [0, 0.05) is 6.42 Å². The lowest BCUT2D eigenvalue weighted by molar-refractivity contribution is -0.358. The van der Waals surface area contributed by atoms with E-state index in [1.54, 1.807) is 0 Å². The summed E-state index contributed by atoms with van der Waals surface area (Å²) in [6.45, 7) is -3.25. The Labute approximate surface area is 140 Å². The fraction of sp³-hybridized carbons (Fsp3) is 1.00. The molecule has 0 atom stereocenters. The van der Waals surface area contributed by atoms with Gasteiger partial charge in [-0.2, -0.15) is 69.9 Å². The molecule has 27 heavy (non-hydrogen) atoms. The van der Waals surface area contributed by atoms with Gasteiger partial charge in [0.05, 0.1) is 5.75 Å². The predicted octanol–water partition coefficient (Wildman–Crippen LogP) is 4.39. The molecule has 0 aromatic heterocycles. The first-order valence-corrected chi connectivity index (χ1v) is 7.51.